The molecule has 0 saturated carbocycles. The molecule has 0 bridgehead atoms. The number of aryl methyl sites for hydroxylation is 1. The van der Waals surface area contributed by atoms with E-state index in [4.69, 9.17) is 5.73 Å². The van der Waals surface area contributed by atoms with E-state index < -0.39 is 0 Å². The second kappa shape index (κ2) is 6.75. The van der Waals surface area contributed by atoms with Crippen molar-refractivity contribution in [2.75, 3.05) is 25.9 Å². The van der Waals surface area contributed by atoms with Crippen LogP contribution >= 0.6 is 0 Å². The smallest absolute Gasteiger partial charge is 0.166 e. The normalized spacial score (nSPS) is 11.4. The topological polar surface area (TPSA) is 72.3 Å². The Morgan fingerprint density at radius 2 is 2.13 bits per heavy atom. The molecule has 3 aromatic rings. The first-order valence-electron chi connectivity index (χ1n) is 7.91. The Bertz CT molecular complexity index is 780. The van der Waals surface area contributed by atoms with Gasteiger partial charge in [0.05, 0.1) is 11.3 Å². The van der Waals surface area contributed by atoms with Crippen LogP contribution in [0.25, 0.3) is 16.9 Å². The molecule has 0 fully saturated rings. The van der Waals surface area contributed by atoms with Gasteiger partial charge in [0, 0.05) is 18.6 Å². The fourth-order valence-corrected chi connectivity index (χ4v) is 2.59. The first kappa shape index (κ1) is 15.4. The maximum absolute atomic E-state index is 6.07. The van der Waals surface area contributed by atoms with Crippen molar-refractivity contribution in [3.63, 3.8) is 0 Å². The third-order valence-corrected chi connectivity index (χ3v) is 4.02. The van der Waals surface area contributed by atoms with Crippen molar-refractivity contribution in [3.05, 3.63) is 42.4 Å². The van der Waals surface area contributed by atoms with Crippen molar-refractivity contribution >= 4 is 11.5 Å². The zero-order chi connectivity index (χ0) is 16.2. The Labute approximate surface area is 136 Å². The van der Waals surface area contributed by atoms with Gasteiger partial charge in [-0.3, -0.25) is 4.98 Å². The summed E-state index contributed by atoms with van der Waals surface area (Å²) in [4.78, 5) is 11.2. The number of nitrogens with two attached hydrogens (primary N) is 1. The SMILES string of the molecule is CCN(C)CCCc1cnc2c(-c3ccccn3)c(N)nn2c1. The lowest BCUT2D eigenvalue weighted by Gasteiger charge is -2.12. The third kappa shape index (κ3) is 3.32. The van der Waals surface area contributed by atoms with Gasteiger partial charge in [0.1, 0.15) is 0 Å². The number of hydrogen-bond acceptors (Lipinski definition) is 5. The van der Waals surface area contributed by atoms with E-state index in [9.17, 15) is 0 Å². The van der Waals surface area contributed by atoms with Gasteiger partial charge in [-0.1, -0.05) is 13.0 Å². The summed E-state index contributed by atoms with van der Waals surface area (Å²) in [6, 6.07) is 5.73. The Hall–Kier alpha value is -2.47. The van der Waals surface area contributed by atoms with Crippen LogP contribution in [0.2, 0.25) is 0 Å². The second-order valence-electron chi connectivity index (χ2n) is 5.71. The molecule has 2 N–H and O–H groups in total. The summed E-state index contributed by atoms with van der Waals surface area (Å²) in [5.41, 5.74) is 9.58. The molecule has 23 heavy (non-hydrogen) atoms. The van der Waals surface area contributed by atoms with E-state index in [1.54, 1.807) is 10.7 Å². The van der Waals surface area contributed by atoms with Crippen LogP contribution in [0.1, 0.15) is 18.9 Å². The number of nitrogens with zero attached hydrogens (tertiary/aromatic N) is 5. The van der Waals surface area contributed by atoms with Gasteiger partial charge in [0.25, 0.3) is 0 Å². The predicted molar refractivity (Wildman–Crippen MR) is 92.1 cm³/mol. The zero-order valence-corrected chi connectivity index (χ0v) is 13.6. The molecule has 3 heterocycles. The molecular formula is C17H22N6. The molecule has 0 atom stereocenters. The van der Waals surface area contributed by atoms with Gasteiger partial charge in [-0.15, -0.1) is 5.10 Å². The molecule has 0 aromatic carbocycles. The van der Waals surface area contributed by atoms with Crippen LogP contribution in [-0.2, 0) is 6.42 Å². The molecule has 0 spiro atoms. The standard InChI is InChI=1S/C17H22N6/c1-3-22(2)10-6-7-13-11-20-17-15(14-8-4-5-9-19-14)16(18)21-23(17)12-13/h4-5,8-9,11-12H,3,6-7,10H2,1-2H3,(H2,18,21). The number of hydrogen-bond donors (Lipinski definition) is 1. The van der Waals surface area contributed by atoms with E-state index in [1.807, 2.05) is 30.6 Å². The van der Waals surface area contributed by atoms with Gasteiger partial charge in [0.15, 0.2) is 11.5 Å². The average molecular weight is 310 g/mol. The van der Waals surface area contributed by atoms with Gasteiger partial charge in [0.2, 0.25) is 0 Å². The minimum absolute atomic E-state index is 0.457. The van der Waals surface area contributed by atoms with Crippen LogP contribution in [0.4, 0.5) is 5.82 Å². The summed E-state index contributed by atoms with van der Waals surface area (Å²) in [6.07, 6.45) is 7.75. The highest BCUT2D eigenvalue weighted by Crippen LogP contribution is 2.27. The molecule has 3 rings (SSSR count). The van der Waals surface area contributed by atoms with E-state index in [1.165, 1.54) is 0 Å². The molecule has 0 aliphatic carbocycles. The Kier molecular flexibility index (Phi) is 4.52. The van der Waals surface area contributed by atoms with E-state index in [-0.39, 0.29) is 0 Å². The summed E-state index contributed by atoms with van der Waals surface area (Å²) in [7, 11) is 2.13. The first-order valence-corrected chi connectivity index (χ1v) is 7.91. The van der Waals surface area contributed by atoms with Crippen molar-refractivity contribution in [1.29, 1.82) is 0 Å². The molecule has 6 heteroatoms. The van der Waals surface area contributed by atoms with Crippen molar-refractivity contribution in [2.24, 2.45) is 0 Å². The fraction of sp³-hybridized carbons (Fsp3) is 0.353. The van der Waals surface area contributed by atoms with Crippen molar-refractivity contribution in [3.8, 4) is 11.3 Å². The van der Waals surface area contributed by atoms with Crippen LogP contribution in [0.15, 0.2) is 36.8 Å². The van der Waals surface area contributed by atoms with Crippen molar-refractivity contribution in [2.45, 2.75) is 19.8 Å². The highest BCUT2D eigenvalue weighted by molar-refractivity contribution is 5.84. The van der Waals surface area contributed by atoms with E-state index in [2.05, 4.69) is 33.9 Å². The number of anilines is 1. The molecule has 0 unspecified atom stereocenters. The Morgan fingerprint density at radius 1 is 1.26 bits per heavy atom. The summed E-state index contributed by atoms with van der Waals surface area (Å²) in [6.45, 7) is 4.31. The van der Waals surface area contributed by atoms with Gasteiger partial charge >= 0.3 is 0 Å². The molecule has 0 saturated heterocycles. The minimum Gasteiger partial charge on any atom is -0.382 e. The molecule has 0 aliphatic heterocycles. The Morgan fingerprint density at radius 3 is 2.87 bits per heavy atom. The largest absolute Gasteiger partial charge is 0.382 e. The summed E-state index contributed by atoms with van der Waals surface area (Å²) < 4.78 is 1.76. The lowest BCUT2D eigenvalue weighted by atomic mass is 10.1. The molecule has 0 aliphatic rings. The average Bonchev–Trinajstić information content (AvgIpc) is 2.90. The maximum Gasteiger partial charge on any atom is 0.166 e. The summed E-state index contributed by atoms with van der Waals surface area (Å²) >= 11 is 0. The van der Waals surface area contributed by atoms with Gasteiger partial charge in [-0.2, -0.15) is 0 Å². The predicted octanol–water partition coefficient (Wildman–Crippen LogP) is 2.26. The highest BCUT2D eigenvalue weighted by atomic mass is 15.3. The van der Waals surface area contributed by atoms with Crippen molar-refractivity contribution < 1.29 is 0 Å². The maximum atomic E-state index is 6.07. The number of pyridine rings is 1. The van der Waals surface area contributed by atoms with Crippen LogP contribution < -0.4 is 5.73 Å². The number of nitrogen functional groups attached to an aromatic ring is 1. The number of fused-ring (bicyclic) bond motifs is 1. The molecule has 0 radical (unpaired) electrons. The number of rotatable bonds is 6. The highest BCUT2D eigenvalue weighted by Gasteiger charge is 2.14. The van der Waals surface area contributed by atoms with Crippen LogP contribution in [0, 0.1) is 0 Å². The van der Waals surface area contributed by atoms with E-state index in [0.717, 1.165) is 48.4 Å². The summed E-state index contributed by atoms with van der Waals surface area (Å²) in [5.74, 6) is 0.457. The minimum atomic E-state index is 0.457. The van der Waals surface area contributed by atoms with E-state index in [0.29, 0.717) is 5.82 Å². The lowest BCUT2D eigenvalue weighted by molar-refractivity contribution is 0.347. The van der Waals surface area contributed by atoms with Crippen molar-refractivity contribution in [1.82, 2.24) is 24.5 Å². The molecule has 0 amide bonds. The molecule has 120 valence electrons. The van der Waals surface area contributed by atoms with Crippen LogP contribution in [-0.4, -0.2) is 44.6 Å². The van der Waals surface area contributed by atoms with E-state index >= 15 is 0 Å². The fourth-order valence-electron chi connectivity index (χ4n) is 2.59. The van der Waals surface area contributed by atoms with Crippen LogP contribution in [0.5, 0.6) is 0 Å². The molecular weight excluding hydrogens is 288 g/mol. The third-order valence-electron chi connectivity index (χ3n) is 4.02. The van der Waals surface area contributed by atoms with Crippen LogP contribution in [0.3, 0.4) is 0 Å². The van der Waals surface area contributed by atoms with Gasteiger partial charge in [-0.25, -0.2) is 9.50 Å². The second-order valence-corrected chi connectivity index (χ2v) is 5.71. The Balaban J connectivity index is 1.85. The summed E-state index contributed by atoms with van der Waals surface area (Å²) in [5, 5.41) is 4.39. The quantitative estimate of drug-likeness (QED) is 0.756. The zero-order valence-electron chi connectivity index (χ0n) is 13.6. The van der Waals surface area contributed by atoms with Gasteiger partial charge < -0.3 is 10.6 Å². The monoisotopic (exact) mass is 310 g/mol. The van der Waals surface area contributed by atoms with Gasteiger partial charge in [-0.05, 0) is 50.7 Å². The first-order chi connectivity index (χ1) is 11.2. The molecule has 3 aromatic heterocycles. The molecule has 6 nitrogen and oxygen atoms in total. The lowest BCUT2D eigenvalue weighted by Crippen LogP contribution is -2.19. The number of aromatic nitrogens is 4.